The number of para-hydroxylation sites is 2. The molecule has 0 amide bonds. The van der Waals surface area contributed by atoms with Gasteiger partial charge >= 0.3 is 0 Å². The Morgan fingerprint density at radius 2 is 2.10 bits per heavy atom. The summed E-state index contributed by atoms with van der Waals surface area (Å²) >= 11 is 0. The summed E-state index contributed by atoms with van der Waals surface area (Å²) in [6, 6.07) is 10.2. The molecule has 20 heavy (non-hydrogen) atoms. The Balaban J connectivity index is 1.90. The second kappa shape index (κ2) is 6.65. The van der Waals surface area contributed by atoms with Crippen LogP contribution in [0.3, 0.4) is 0 Å². The fraction of sp³-hybridized carbons (Fsp3) is 0.588. The summed E-state index contributed by atoms with van der Waals surface area (Å²) in [6.45, 7) is 2.79. The Morgan fingerprint density at radius 1 is 1.35 bits per heavy atom. The number of methoxy groups -OCH3 is 1. The van der Waals surface area contributed by atoms with Crippen molar-refractivity contribution in [1.29, 1.82) is 5.26 Å². The van der Waals surface area contributed by atoms with Gasteiger partial charge in [-0.1, -0.05) is 25.5 Å². The number of ether oxygens (including phenoxy) is 2. The average molecular weight is 273 g/mol. The minimum Gasteiger partial charge on any atom is -0.493 e. The first-order chi connectivity index (χ1) is 9.73. The molecule has 1 aromatic carbocycles. The predicted octanol–water partition coefficient (Wildman–Crippen LogP) is 4.18. The summed E-state index contributed by atoms with van der Waals surface area (Å²) < 4.78 is 11.1. The zero-order chi connectivity index (χ0) is 14.4. The summed E-state index contributed by atoms with van der Waals surface area (Å²) in [7, 11) is 1.64. The van der Waals surface area contributed by atoms with Crippen molar-refractivity contribution in [2.75, 3.05) is 13.7 Å². The highest BCUT2D eigenvalue weighted by Gasteiger charge is 2.38. The van der Waals surface area contributed by atoms with Crippen molar-refractivity contribution >= 4 is 0 Å². The molecule has 3 heteroatoms. The molecular weight excluding hydrogens is 250 g/mol. The van der Waals surface area contributed by atoms with E-state index in [1.165, 1.54) is 12.8 Å². The third kappa shape index (κ3) is 3.25. The molecular formula is C17H23NO2. The van der Waals surface area contributed by atoms with Crippen molar-refractivity contribution in [3.8, 4) is 17.6 Å². The molecule has 0 N–H and O–H groups in total. The van der Waals surface area contributed by atoms with E-state index >= 15 is 0 Å². The first kappa shape index (κ1) is 14.7. The first-order valence-corrected chi connectivity index (χ1v) is 7.40. The number of benzene rings is 1. The van der Waals surface area contributed by atoms with Gasteiger partial charge in [-0.15, -0.1) is 0 Å². The van der Waals surface area contributed by atoms with Crippen LogP contribution in [0.5, 0.6) is 11.5 Å². The van der Waals surface area contributed by atoms with Gasteiger partial charge < -0.3 is 9.47 Å². The van der Waals surface area contributed by atoms with Crippen LogP contribution in [0.15, 0.2) is 24.3 Å². The van der Waals surface area contributed by atoms with Gasteiger partial charge in [0.1, 0.15) is 0 Å². The quantitative estimate of drug-likeness (QED) is 0.780. The molecule has 0 bridgehead atoms. The van der Waals surface area contributed by atoms with Crippen molar-refractivity contribution in [1.82, 2.24) is 0 Å². The van der Waals surface area contributed by atoms with Crippen LogP contribution in [0.2, 0.25) is 0 Å². The molecule has 0 spiro atoms. The van der Waals surface area contributed by atoms with E-state index in [9.17, 15) is 5.26 Å². The fourth-order valence-corrected chi connectivity index (χ4v) is 3.06. The molecule has 0 saturated heterocycles. The third-order valence-corrected chi connectivity index (χ3v) is 4.43. The van der Waals surface area contributed by atoms with Crippen LogP contribution in [-0.2, 0) is 0 Å². The van der Waals surface area contributed by atoms with E-state index in [4.69, 9.17) is 9.47 Å². The van der Waals surface area contributed by atoms with Gasteiger partial charge in [-0.25, -0.2) is 0 Å². The number of hydrogen-bond donors (Lipinski definition) is 0. The maximum absolute atomic E-state index is 9.50. The molecule has 2 atom stereocenters. The lowest BCUT2D eigenvalue weighted by atomic mass is 9.83. The smallest absolute Gasteiger partial charge is 0.161 e. The van der Waals surface area contributed by atoms with Gasteiger partial charge in [-0.05, 0) is 37.3 Å². The number of nitrogens with zero attached hydrogens (tertiary/aromatic N) is 1. The Bertz CT molecular complexity index is 480. The second-order valence-corrected chi connectivity index (χ2v) is 5.66. The third-order valence-electron chi connectivity index (χ3n) is 4.43. The molecule has 1 saturated carbocycles. The highest BCUT2D eigenvalue weighted by Crippen LogP contribution is 2.45. The summed E-state index contributed by atoms with van der Waals surface area (Å²) in [5.74, 6) is 2.21. The minimum absolute atomic E-state index is 0.178. The van der Waals surface area contributed by atoms with Gasteiger partial charge in [0.25, 0.3) is 0 Å². The van der Waals surface area contributed by atoms with Crippen molar-refractivity contribution in [2.45, 2.75) is 39.0 Å². The maximum Gasteiger partial charge on any atom is 0.161 e. The molecule has 108 valence electrons. The van der Waals surface area contributed by atoms with Crippen LogP contribution < -0.4 is 9.47 Å². The molecule has 0 aromatic heterocycles. The van der Waals surface area contributed by atoms with Crippen molar-refractivity contribution in [3.05, 3.63) is 24.3 Å². The predicted molar refractivity (Wildman–Crippen MR) is 78.8 cm³/mol. The van der Waals surface area contributed by atoms with E-state index < -0.39 is 0 Å². The Morgan fingerprint density at radius 3 is 2.70 bits per heavy atom. The minimum atomic E-state index is -0.178. The van der Waals surface area contributed by atoms with Crippen molar-refractivity contribution in [3.63, 3.8) is 0 Å². The fourth-order valence-electron chi connectivity index (χ4n) is 3.06. The first-order valence-electron chi connectivity index (χ1n) is 7.40. The molecule has 2 rings (SSSR count). The van der Waals surface area contributed by atoms with E-state index in [0.717, 1.165) is 30.8 Å². The van der Waals surface area contributed by atoms with Crippen LogP contribution in [0.25, 0.3) is 0 Å². The van der Waals surface area contributed by atoms with Gasteiger partial charge in [0.2, 0.25) is 0 Å². The maximum atomic E-state index is 9.50. The molecule has 1 fully saturated rings. The van der Waals surface area contributed by atoms with E-state index in [1.807, 2.05) is 24.3 Å². The van der Waals surface area contributed by atoms with Crippen LogP contribution in [0, 0.1) is 22.7 Å². The molecule has 2 unspecified atom stereocenters. The zero-order valence-corrected chi connectivity index (χ0v) is 12.4. The van der Waals surface area contributed by atoms with Gasteiger partial charge in [-0.3, -0.25) is 0 Å². The van der Waals surface area contributed by atoms with Crippen molar-refractivity contribution < 1.29 is 9.47 Å². The highest BCUT2D eigenvalue weighted by atomic mass is 16.5. The molecule has 1 aliphatic rings. The molecule has 3 nitrogen and oxygen atoms in total. The largest absolute Gasteiger partial charge is 0.493 e. The van der Waals surface area contributed by atoms with Crippen molar-refractivity contribution in [2.24, 2.45) is 11.3 Å². The Labute approximate surface area is 121 Å². The lowest BCUT2D eigenvalue weighted by molar-refractivity contribution is 0.232. The van der Waals surface area contributed by atoms with E-state index in [0.29, 0.717) is 12.5 Å². The topological polar surface area (TPSA) is 42.2 Å². The van der Waals surface area contributed by atoms with E-state index in [1.54, 1.807) is 7.11 Å². The molecule has 0 aliphatic heterocycles. The van der Waals surface area contributed by atoms with Crippen LogP contribution >= 0.6 is 0 Å². The Hall–Kier alpha value is -1.69. The van der Waals surface area contributed by atoms with Crippen LogP contribution in [0.1, 0.15) is 39.0 Å². The molecule has 0 radical (unpaired) electrons. The molecule has 0 heterocycles. The summed E-state index contributed by atoms with van der Waals surface area (Å²) in [4.78, 5) is 0. The Kier molecular flexibility index (Phi) is 4.89. The van der Waals surface area contributed by atoms with E-state index in [2.05, 4.69) is 13.0 Å². The second-order valence-electron chi connectivity index (χ2n) is 5.66. The lowest BCUT2D eigenvalue weighted by Crippen LogP contribution is -2.18. The van der Waals surface area contributed by atoms with Gasteiger partial charge in [-0.2, -0.15) is 5.26 Å². The van der Waals surface area contributed by atoms with Gasteiger partial charge in [0, 0.05) is 6.42 Å². The monoisotopic (exact) mass is 273 g/mol. The number of nitriles is 1. The van der Waals surface area contributed by atoms with Gasteiger partial charge in [0.05, 0.1) is 25.2 Å². The number of rotatable bonds is 6. The lowest BCUT2D eigenvalue weighted by Gasteiger charge is -2.21. The van der Waals surface area contributed by atoms with Crippen LogP contribution in [0.4, 0.5) is 0 Å². The normalized spacial score (nSPS) is 25.1. The summed E-state index contributed by atoms with van der Waals surface area (Å²) in [5.41, 5.74) is -0.178. The van der Waals surface area contributed by atoms with Crippen LogP contribution in [-0.4, -0.2) is 13.7 Å². The zero-order valence-electron chi connectivity index (χ0n) is 12.4. The highest BCUT2D eigenvalue weighted by molar-refractivity contribution is 5.39. The summed E-state index contributed by atoms with van der Waals surface area (Å²) in [6.07, 6.45) is 5.19. The molecule has 1 aliphatic carbocycles. The number of hydrogen-bond acceptors (Lipinski definition) is 3. The standard InChI is InChI=1S/C17H23NO2/c1-3-14-8-9-17(12-14,13-18)10-11-20-16-7-5-4-6-15(16)19-2/h4-7,14H,3,8-12H2,1-2H3. The average Bonchev–Trinajstić information content (AvgIpc) is 2.92. The summed E-state index contributed by atoms with van der Waals surface area (Å²) in [5, 5.41) is 9.50. The van der Waals surface area contributed by atoms with E-state index in [-0.39, 0.29) is 5.41 Å². The molecule has 1 aromatic rings. The van der Waals surface area contributed by atoms with Gasteiger partial charge in [0.15, 0.2) is 11.5 Å². The SMILES string of the molecule is CCC1CCC(C#N)(CCOc2ccccc2OC)C1.